The Balaban J connectivity index is 2.25. The van der Waals surface area contributed by atoms with Crippen LogP contribution in [0.1, 0.15) is 0 Å². The fraction of sp³-hybridized carbons (Fsp3) is 0. The molecule has 0 atom stereocenters. The molecular weight excluding hydrogens is 309 g/mol. The Morgan fingerprint density at radius 3 is 2.05 bits per heavy atom. The van der Waals surface area contributed by atoms with Gasteiger partial charge in [0.25, 0.3) is 11.8 Å². The third-order valence-corrected chi connectivity index (χ3v) is 3.98. The third-order valence-electron chi connectivity index (χ3n) is 3.19. The summed E-state index contributed by atoms with van der Waals surface area (Å²) in [6.07, 6.45) is 2.43. The fourth-order valence-electron chi connectivity index (χ4n) is 2.23. The zero-order chi connectivity index (χ0) is 15.0. The Bertz CT molecular complexity index is 751. The highest BCUT2D eigenvalue weighted by atomic mass is 35.5. The first-order valence-electron chi connectivity index (χ1n) is 6.19. The molecule has 3 nitrogen and oxygen atoms in total. The van der Waals surface area contributed by atoms with E-state index < -0.39 is 11.8 Å². The minimum absolute atomic E-state index is 0.184. The van der Waals surface area contributed by atoms with Crippen LogP contribution in [0.3, 0.4) is 0 Å². The number of carbonyl (C=O) groups excluding carboxylic acids is 2. The van der Waals surface area contributed by atoms with Gasteiger partial charge in [-0.2, -0.15) is 0 Å². The van der Waals surface area contributed by atoms with Crippen LogP contribution in [-0.2, 0) is 9.59 Å². The normalized spacial score (nSPS) is 14.1. The molecule has 0 bridgehead atoms. The van der Waals surface area contributed by atoms with Crippen molar-refractivity contribution in [2.75, 3.05) is 4.90 Å². The van der Waals surface area contributed by atoms with Gasteiger partial charge in [0.15, 0.2) is 0 Å². The molecule has 0 saturated carbocycles. The van der Waals surface area contributed by atoms with E-state index in [0.717, 1.165) is 10.5 Å². The minimum atomic E-state index is -0.429. The summed E-state index contributed by atoms with van der Waals surface area (Å²) in [7, 11) is 0. The van der Waals surface area contributed by atoms with Gasteiger partial charge in [-0.1, -0.05) is 59.6 Å². The first kappa shape index (κ1) is 13.9. The monoisotopic (exact) mass is 317 g/mol. The SMILES string of the molecule is O=C1C=CC(=O)N1c1c(-c2ccccc2)ccc(Cl)c1Cl. The first-order chi connectivity index (χ1) is 10.1. The average Bonchev–Trinajstić information content (AvgIpc) is 2.82. The lowest BCUT2D eigenvalue weighted by Gasteiger charge is -2.20. The number of nitrogens with zero attached hydrogens (tertiary/aromatic N) is 1. The molecule has 3 rings (SSSR count). The smallest absolute Gasteiger partial charge is 0.258 e. The number of hydrogen-bond acceptors (Lipinski definition) is 2. The molecule has 0 aliphatic carbocycles. The number of hydrogen-bond donors (Lipinski definition) is 0. The number of benzene rings is 2. The molecule has 1 heterocycles. The van der Waals surface area contributed by atoms with Crippen molar-refractivity contribution >= 4 is 40.7 Å². The number of rotatable bonds is 2. The maximum atomic E-state index is 11.9. The van der Waals surface area contributed by atoms with E-state index in [0.29, 0.717) is 16.3 Å². The lowest BCUT2D eigenvalue weighted by atomic mass is 10.0. The fourth-order valence-corrected chi connectivity index (χ4v) is 2.63. The zero-order valence-corrected chi connectivity index (χ0v) is 12.2. The Morgan fingerprint density at radius 1 is 0.810 bits per heavy atom. The predicted octanol–water partition coefficient (Wildman–Crippen LogP) is 4.09. The van der Waals surface area contributed by atoms with E-state index in [2.05, 4.69) is 0 Å². The molecule has 0 unspecified atom stereocenters. The maximum Gasteiger partial charge on any atom is 0.258 e. The Morgan fingerprint density at radius 2 is 1.43 bits per heavy atom. The molecule has 104 valence electrons. The second-order valence-electron chi connectivity index (χ2n) is 4.47. The van der Waals surface area contributed by atoms with Crippen molar-refractivity contribution in [2.24, 2.45) is 0 Å². The standard InChI is InChI=1S/C16H9Cl2NO2/c17-12-7-6-11(10-4-2-1-3-5-10)16(15(12)18)19-13(20)8-9-14(19)21/h1-9H. The Kier molecular flexibility index (Phi) is 3.53. The van der Waals surface area contributed by atoms with Crippen molar-refractivity contribution in [1.29, 1.82) is 0 Å². The van der Waals surface area contributed by atoms with Crippen LogP contribution in [0.4, 0.5) is 5.69 Å². The van der Waals surface area contributed by atoms with Crippen LogP contribution in [0.5, 0.6) is 0 Å². The molecule has 2 aromatic rings. The summed E-state index contributed by atoms with van der Waals surface area (Å²) in [5.74, 6) is -0.859. The van der Waals surface area contributed by atoms with Gasteiger partial charge >= 0.3 is 0 Å². The summed E-state index contributed by atoms with van der Waals surface area (Å²) in [6, 6.07) is 12.8. The minimum Gasteiger partial charge on any atom is -0.269 e. The van der Waals surface area contributed by atoms with Gasteiger partial charge < -0.3 is 0 Å². The van der Waals surface area contributed by atoms with Gasteiger partial charge in [0.2, 0.25) is 0 Å². The van der Waals surface area contributed by atoms with E-state index in [1.165, 1.54) is 12.2 Å². The molecule has 1 aliphatic rings. The van der Waals surface area contributed by atoms with Crippen LogP contribution >= 0.6 is 23.2 Å². The molecular formula is C16H9Cl2NO2. The van der Waals surface area contributed by atoms with Gasteiger partial charge in [0, 0.05) is 17.7 Å². The van der Waals surface area contributed by atoms with Crippen LogP contribution < -0.4 is 4.90 Å². The molecule has 2 aromatic carbocycles. The van der Waals surface area contributed by atoms with Gasteiger partial charge in [-0.25, -0.2) is 4.90 Å². The maximum absolute atomic E-state index is 11.9. The topological polar surface area (TPSA) is 37.4 Å². The van der Waals surface area contributed by atoms with Gasteiger partial charge in [0.1, 0.15) is 0 Å². The summed E-state index contributed by atoms with van der Waals surface area (Å²) in [5, 5.41) is 0.474. The van der Waals surface area contributed by atoms with E-state index in [1.807, 2.05) is 30.3 Å². The summed E-state index contributed by atoms with van der Waals surface area (Å²) in [6.45, 7) is 0. The largest absolute Gasteiger partial charge is 0.269 e. The van der Waals surface area contributed by atoms with Gasteiger partial charge in [-0.3, -0.25) is 9.59 Å². The van der Waals surface area contributed by atoms with E-state index in [-0.39, 0.29) is 5.02 Å². The molecule has 1 aliphatic heterocycles. The van der Waals surface area contributed by atoms with E-state index in [9.17, 15) is 9.59 Å². The first-order valence-corrected chi connectivity index (χ1v) is 6.95. The molecule has 0 saturated heterocycles. The molecule has 0 spiro atoms. The van der Waals surface area contributed by atoms with Crippen molar-refractivity contribution < 1.29 is 9.59 Å². The number of amides is 2. The molecule has 2 amide bonds. The van der Waals surface area contributed by atoms with E-state index in [4.69, 9.17) is 23.2 Å². The average molecular weight is 318 g/mol. The third kappa shape index (κ3) is 2.35. The van der Waals surface area contributed by atoms with Crippen molar-refractivity contribution in [3.05, 3.63) is 64.7 Å². The highest BCUT2D eigenvalue weighted by molar-refractivity contribution is 6.46. The highest BCUT2D eigenvalue weighted by Crippen LogP contribution is 2.42. The van der Waals surface area contributed by atoms with Crippen molar-refractivity contribution in [3.63, 3.8) is 0 Å². The van der Waals surface area contributed by atoms with Crippen molar-refractivity contribution in [2.45, 2.75) is 0 Å². The lowest BCUT2D eigenvalue weighted by molar-refractivity contribution is -0.119. The number of anilines is 1. The van der Waals surface area contributed by atoms with Crippen LogP contribution in [-0.4, -0.2) is 11.8 Å². The summed E-state index contributed by atoms with van der Waals surface area (Å²) >= 11 is 12.3. The van der Waals surface area contributed by atoms with Crippen LogP contribution in [0, 0.1) is 0 Å². The molecule has 0 aromatic heterocycles. The summed E-state index contributed by atoms with van der Waals surface area (Å²) in [4.78, 5) is 24.9. The van der Waals surface area contributed by atoms with Crippen molar-refractivity contribution in [3.8, 4) is 11.1 Å². The van der Waals surface area contributed by atoms with Gasteiger partial charge in [-0.15, -0.1) is 0 Å². The number of halogens is 2. The van der Waals surface area contributed by atoms with Crippen molar-refractivity contribution in [1.82, 2.24) is 0 Å². The zero-order valence-electron chi connectivity index (χ0n) is 10.7. The van der Waals surface area contributed by atoms with Crippen LogP contribution in [0.15, 0.2) is 54.6 Å². The molecule has 0 radical (unpaired) electrons. The van der Waals surface area contributed by atoms with Gasteiger partial charge in [-0.05, 0) is 11.6 Å². The Hall–Kier alpha value is -2.10. The molecule has 0 fully saturated rings. The quantitative estimate of drug-likeness (QED) is 0.782. The molecule has 21 heavy (non-hydrogen) atoms. The second kappa shape index (κ2) is 5.35. The summed E-state index contributed by atoms with van der Waals surface area (Å²) < 4.78 is 0. The van der Waals surface area contributed by atoms with Crippen LogP contribution in [0.2, 0.25) is 10.0 Å². The lowest BCUT2D eigenvalue weighted by Crippen LogP contribution is -2.30. The molecule has 5 heteroatoms. The number of carbonyl (C=O) groups is 2. The molecule has 0 N–H and O–H groups in total. The second-order valence-corrected chi connectivity index (χ2v) is 5.25. The van der Waals surface area contributed by atoms with Crippen LogP contribution in [0.25, 0.3) is 11.1 Å². The van der Waals surface area contributed by atoms with E-state index >= 15 is 0 Å². The Labute approximate surface area is 131 Å². The van der Waals surface area contributed by atoms with Gasteiger partial charge in [0.05, 0.1) is 15.7 Å². The highest BCUT2D eigenvalue weighted by Gasteiger charge is 2.30. The predicted molar refractivity (Wildman–Crippen MR) is 83.5 cm³/mol. The van der Waals surface area contributed by atoms with E-state index in [1.54, 1.807) is 12.1 Å². The number of imide groups is 1. The summed E-state index contributed by atoms with van der Waals surface area (Å²) in [5.41, 5.74) is 1.84.